The second-order valence-electron chi connectivity index (χ2n) is 32.4. The van der Waals surface area contributed by atoms with E-state index in [1.807, 2.05) is 40.3 Å². The Bertz CT molecular complexity index is 3420. The van der Waals surface area contributed by atoms with Crippen molar-refractivity contribution in [2.75, 3.05) is 33.0 Å². The van der Waals surface area contributed by atoms with Crippen molar-refractivity contribution < 1.29 is 74.7 Å². The molecule has 5 heterocycles. The number of rotatable bonds is 43. The normalized spacial score (nSPS) is 31.9. The summed E-state index contributed by atoms with van der Waals surface area (Å²) >= 11 is 0. The maximum atomic E-state index is 10.4. The van der Waals surface area contributed by atoms with E-state index in [9.17, 15) is 51.1 Å². The van der Waals surface area contributed by atoms with E-state index >= 15 is 0 Å². The zero-order valence-corrected chi connectivity index (χ0v) is 66.1. The highest BCUT2D eigenvalue weighted by Crippen LogP contribution is 2.28. The molecule has 0 bridgehead atoms. The zero-order valence-electron chi connectivity index (χ0n) is 66.1. The van der Waals surface area contributed by atoms with Crippen molar-refractivity contribution in [1.29, 1.82) is 0 Å². The van der Waals surface area contributed by atoms with Crippen LogP contribution in [0.1, 0.15) is 167 Å². The van der Waals surface area contributed by atoms with Gasteiger partial charge in [-0.15, -0.1) is 25.5 Å². The molecular weight excluding hydrogens is 1490 g/mol. The first-order chi connectivity index (χ1) is 55.3. The summed E-state index contributed by atoms with van der Waals surface area (Å²) in [5, 5.41) is 146. The van der Waals surface area contributed by atoms with Gasteiger partial charge in [-0.2, -0.15) is 0 Å². The van der Waals surface area contributed by atoms with Gasteiger partial charge in [-0.1, -0.05) is 89.2 Å². The third kappa shape index (κ3) is 27.0. The van der Waals surface area contributed by atoms with Crippen molar-refractivity contribution in [2.24, 2.45) is 57.3 Å². The lowest BCUT2D eigenvalue weighted by Gasteiger charge is -2.39. The summed E-state index contributed by atoms with van der Waals surface area (Å²) < 4.78 is 38.3. The number of nitrogens with two attached hydrogens (primary N) is 10. The van der Waals surface area contributed by atoms with Gasteiger partial charge in [0.25, 0.3) is 0 Å². The van der Waals surface area contributed by atoms with E-state index in [1.165, 1.54) is 44.9 Å². The summed E-state index contributed by atoms with van der Waals surface area (Å²) in [7, 11) is 0. The first kappa shape index (κ1) is 91.2. The number of hydrogen-bond donors (Lipinski definition) is 20. The number of aromatic nitrogens is 15. The highest BCUT2D eigenvalue weighted by atomic mass is 16.5. The SMILES string of the molecule is N[C@@H]1C[C@H](N)[C@@H](OCCCc2cn(CCCCCCCCCCCn3cc(CCCO[C@H]4[C@H](O)[C@@H](O)[C@H](N)C[C@@H]4N)nn3)nn2)[C@H](O)[C@H]1O.N[C@@H]1C[C@H](N)[C@@H](OCCCc2cn(Cc3cc(Cn4cc(CCCOC5[C@@H](N)C[C@@H](N)[C@H](O)[C@H]5O)nn4)cc(Cn4cc(CCCO[C@H]5[C@H](O)[C@@H](O)[C@H](N)C[C@@H]5N)nn4)c3)nn2)[C@H](O)[C@H]1O. The first-order valence-corrected chi connectivity index (χ1v) is 41.3. The molecule has 0 spiro atoms. The van der Waals surface area contributed by atoms with Crippen molar-refractivity contribution in [2.45, 2.75) is 339 Å². The minimum absolute atomic E-state index is 0.311. The number of benzene rings is 1. The van der Waals surface area contributed by atoms with E-state index in [0.717, 1.165) is 96.8 Å². The molecule has 1 aromatic carbocycles. The van der Waals surface area contributed by atoms with Crippen LogP contribution in [0.5, 0.6) is 0 Å². The smallest absolute Gasteiger partial charge is 0.109 e. The van der Waals surface area contributed by atoms with Gasteiger partial charge in [-0.3, -0.25) is 9.36 Å². The van der Waals surface area contributed by atoms with E-state index in [1.54, 1.807) is 14.0 Å². The quantitative estimate of drug-likeness (QED) is 0.0159. The molecule has 5 aliphatic carbocycles. The Hall–Kier alpha value is -6.08. The van der Waals surface area contributed by atoms with Crippen LogP contribution >= 0.6 is 0 Å². The zero-order chi connectivity index (χ0) is 82.2. The number of aryl methyl sites for hydroxylation is 7. The van der Waals surface area contributed by atoms with Gasteiger partial charge in [-0.05, 0) is 126 Å². The Morgan fingerprint density at radius 1 is 0.252 bits per heavy atom. The molecule has 1 unspecified atom stereocenters. The molecule has 0 saturated heterocycles. The van der Waals surface area contributed by atoms with Gasteiger partial charge in [0, 0.05) is 138 Å². The molecule has 11 rings (SSSR count). The number of aliphatic hydroxyl groups is 10. The molecule has 646 valence electrons. The maximum Gasteiger partial charge on any atom is 0.109 e. The molecule has 115 heavy (non-hydrogen) atoms. The Kier molecular flexibility index (Phi) is 36.0. The molecule has 40 heteroatoms. The summed E-state index contributed by atoms with van der Waals surface area (Å²) in [5.74, 6) is 0. The van der Waals surface area contributed by atoms with Gasteiger partial charge >= 0.3 is 0 Å². The average molecular weight is 1620 g/mol. The third-order valence-electron chi connectivity index (χ3n) is 22.7. The van der Waals surface area contributed by atoms with Crippen LogP contribution in [0, 0.1) is 0 Å². The Labute approximate surface area is 670 Å². The average Bonchev–Trinajstić information content (AvgIpc) is 0.911. The predicted molar refractivity (Wildman–Crippen MR) is 419 cm³/mol. The fraction of sp³-hybridized carbons (Fsp3) is 0.787. The van der Waals surface area contributed by atoms with Crippen molar-refractivity contribution in [3.8, 4) is 0 Å². The van der Waals surface area contributed by atoms with E-state index < -0.39 is 152 Å². The van der Waals surface area contributed by atoms with Crippen LogP contribution in [0.15, 0.2) is 49.2 Å². The Morgan fingerprint density at radius 2 is 0.443 bits per heavy atom. The van der Waals surface area contributed by atoms with Crippen molar-refractivity contribution in [1.82, 2.24) is 75.0 Å². The molecule has 0 radical (unpaired) electrons. The van der Waals surface area contributed by atoms with Crippen LogP contribution in [0.3, 0.4) is 0 Å². The summed E-state index contributed by atoms with van der Waals surface area (Å²) in [5.41, 5.74) is 66.9. The van der Waals surface area contributed by atoms with Gasteiger partial charge in [-0.25, -0.2) is 14.0 Å². The molecule has 25 atom stereocenters. The molecule has 5 aliphatic rings. The lowest BCUT2D eigenvalue weighted by Crippen LogP contribution is -2.62. The van der Waals surface area contributed by atoms with Crippen LogP contribution in [-0.4, -0.2) is 311 Å². The molecule has 5 fully saturated rings. The lowest BCUT2D eigenvalue weighted by molar-refractivity contribution is -0.127. The summed E-state index contributed by atoms with van der Waals surface area (Å²) in [6, 6.07) is 1.19. The second kappa shape index (κ2) is 45.4. The molecule has 5 aromatic heterocycles. The molecular formula is C75H131N25O15. The molecule has 6 aromatic rings. The van der Waals surface area contributed by atoms with Crippen molar-refractivity contribution >= 4 is 0 Å². The highest BCUT2D eigenvalue weighted by molar-refractivity contribution is 5.31. The Balaban J connectivity index is 0.000000254. The van der Waals surface area contributed by atoms with Crippen molar-refractivity contribution in [3.05, 3.63) is 94.3 Å². The third-order valence-corrected chi connectivity index (χ3v) is 22.7. The second-order valence-corrected chi connectivity index (χ2v) is 32.4. The number of aliphatic hydroxyl groups excluding tert-OH is 10. The van der Waals surface area contributed by atoms with Crippen molar-refractivity contribution in [3.63, 3.8) is 0 Å². The summed E-state index contributed by atoms with van der Waals surface area (Å²) in [6.45, 7) is 4.79. The van der Waals surface area contributed by atoms with E-state index in [0.29, 0.717) is 123 Å². The summed E-state index contributed by atoms with van der Waals surface area (Å²) in [6.07, 6.45) is 14.5. The molecule has 0 aliphatic heterocycles. The Morgan fingerprint density at radius 3 is 0.661 bits per heavy atom. The summed E-state index contributed by atoms with van der Waals surface area (Å²) in [4.78, 5) is 0. The highest BCUT2D eigenvalue weighted by Gasteiger charge is 2.46. The predicted octanol–water partition coefficient (Wildman–Crippen LogP) is -5.82. The molecule has 40 nitrogen and oxygen atoms in total. The van der Waals surface area contributed by atoms with E-state index in [2.05, 4.69) is 69.8 Å². The van der Waals surface area contributed by atoms with Gasteiger partial charge in [0.05, 0.1) is 78.6 Å². The van der Waals surface area contributed by atoms with Gasteiger partial charge < -0.3 is 132 Å². The topological polar surface area (TPSA) is 662 Å². The number of hydrogen-bond acceptors (Lipinski definition) is 35. The van der Waals surface area contributed by atoms with Crippen LogP contribution in [-0.2, 0) is 88.5 Å². The molecule has 5 saturated carbocycles. The van der Waals surface area contributed by atoms with Crippen LogP contribution in [0.25, 0.3) is 0 Å². The van der Waals surface area contributed by atoms with Crippen LogP contribution in [0.4, 0.5) is 0 Å². The van der Waals surface area contributed by atoms with Crippen LogP contribution < -0.4 is 57.3 Å². The number of ether oxygens (including phenoxy) is 5. The lowest BCUT2D eigenvalue weighted by atomic mass is 9.85. The van der Waals surface area contributed by atoms with E-state index in [4.69, 9.17) is 81.0 Å². The van der Waals surface area contributed by atoms with Gasteiger partial charge in [0.2, 0.25) is 0 Å². The van der Waals surface area contributed by atoms with Gasteiger partial charge in [0.1, 0.15) is 61.0 Å². The largest absolute Gasteiger partial charge is 0.389 e. The number of nitrogens with zero attached hydrogens (tertiary/aromatic N) is 15. The monoisotopic (exact) mass is 1620 g/mol. The standard InChI is InChI=1S/C42H69N15O9.C33H62N10O6/c43-28-13-31(46)40(37(61)34(28)58)64-7-1-4-25-19-55(52-49-25)16-22-10-23(17-56-20-26(50-53-56)5-2-8-65-41-32(47)14-29(44)35(59)38(41)62)12-24(11-22)18-57-21-27(51-54-57)6-3-9-66-42-33(48)15-30(45)36(60)39(42)63;34-24-18-26(36)32(30(46)28(24)44)48-16-10-12-22-20-42(40-38-22)14-8-6-4-2-1-3-5-7-9-15-43-21-23(39-41-43)13-11-17-49-33-27(37)19-25(35)29(45)31(33)47/h10-12,19-21,28-42,58-63H,1-9,13-18,43-48H2;20-21,24-33,44-47H,1-19,34-37H2/t28-,29-,30-,31+,32+,33+,34+,35+,36+,37-,38-,39-,40-,41-,42?;24-,25-,26+,27+,28+,29+,30-,31-,32-,33-/m11/s1. The maximum absolute atomic E-state index is 10.4. The van der Waals surface area contributed by atoms with Gasteiger partial charge in [0.15, 0.2) is 0 Å². The number of unbranched alkanes of at least 4 members (excludes halogenated alkanes) is 8. The fourth-order valence-electron chi connectivity index (χ4n) is 16.1. The molecule has 30 N–H and O–H groups in total. The minimum Gasteiger partial charge on any atom is -0.389 e. The molecule has 0 amide bonds. The fourth-order valence-corrected chi connectivity index (χ4v) is 16.1. The first-order valence-electron chi connectivity index (χ1n) is 41.3. The minimum atomic E-state index is -1.15. The van der Waals surface area contributed by atoms with E-state index in [-0.39, 0.29) is 0 Å². The van der Waals surface area contributed by atoms with Crippen LogP contribution in [0.2, 0.25) is 0 Å².